The first-order valence-electron chi connectivity index (χ1n) is 6.78. The first kappa shape index (κ1) is 12.1. The van der Waals surface area contributed by atoms with Crippen molar-refractivity contribution in [2.75, 3.05) is 5.73 Å². The van der Waals surface area contributed by atoms with Crippen LogP contribution >= 0.6 is 0 Å². The third-order valence-electron chi connectivity index (χ3n) is 3.78. The molecule has 0 saturated heterocycles. The van der Waals surface area contributed by atoms with Gasteiger partial charge in [-0.2, -0.15) is 4.98 Å². The molecule has 100 valence electrons. The number of pyridine rings is 1. The predicted octanol–water partition coefficient (Wildman–Crippen LogP) is 3.01. The fourth-order valence-electron chi connectivity index (χ4n) is 2.76. The molecule has 2 heterocycles. The molecule has 19 heavy (non-hydrogen) atoms. The van der Waals surface area contributed by atoms with E-state index in [2.05, 4.69) is 22.0 Å². The summed E-state index contributed by atoms with van der Waals surface area (Å²) in [5.41, 5.74) is 7.01. The van der Waals surface area contributed by atoms with E-state index in [4.69, 9.17) is 10.3 Å². The summed E-state index contributed by atoms with van der Waals surface area (Å²) in [6.07, 6.45) is 6.49. The molecule has 2 atom stereocenters. The molecule has 1 aliphatic carbocycles. The Morgan fingerprint density at radius 2 is 2.26 bits per heavy atom. The van der Waals surface area contributed by atoms with Gasteiger partial charge in [0.1, 0.15) is 0 Å². The highest BCUT2D eigenvalue weighted by Gasteiger charge is 2.25. The van der Waals surface area contributed by atoms with Gasteiger partial charge < -0.3 is 10.3 Å². The Bertz CT molecular complexity index is 566. The van der Waals surface area contributed by atoms with Gasteiger partial charge in [0.25, 0.3) is 5.89 Å². The second-order valence-corrected chi connectivity index (χ2v) is 5.37. The zero-order valence-electron chi connectivity index (χ0n) is 11.0. The quantitative estimate of drug-likeness (QED) is 0.895. The Kier molecular flexibility index (Phi) is 3.19. The minimum Gasteiger partial charge on any atom is -0.397 e. The summed E-state index contributed by atoms with van der Waals surface area (Å²) in [5.74, 6) is 2.37. The molecule has 1 saturated carbocycles. The number of anilines is 1. The van der Waals surface area contributed by atoms with Crippen LogP contribution in [0.2, 0.25) is 0 Å². The molecule has 2 aromatic rings. The van der Waals surface area contributed by atoms with Crippen molar-refractivity contribution in [1.82, 2.24) is 15.1 Å². The van der Waals surface area contributed by atoms with Crippen LogP contribution < -0.4 is 5.73 Å². The van der Waals surface area contributed by atoms with E-state index in [1.165, 1.54) is 12.8 Å². The summed E-state index contributed by atoms with van der Waals surface area (Å²) in [4.78, 5) is 8.68. The van der Waals surface area contributed by atoms with Crippen molar-refractivity contribution in [3.05, 3.63) is 24.2 Å². The number of aromatic nitrogens is 3. The van der Waals surface area contributed by atoms with Gasteiger partial charge in [0.05, 0.1) is 5.69 Å². The van der Waals surface area contributed by atoms with E-state index in [0.29, 0.717) is 23.2 Å². The molecule has 0 aromatic carbocycles. The van der Waals surface area contributed by atoms with Crippen molar-refractivity contribution in [3.63, 3.8) is 0 Å². The molecule has 1 fully saturated rings. The molecule has 3 rings (SSSR count). The second-order valence-electron chi connectivity index (χ2n) is 5.37. The second kappa shape index (κ2) is 4.99. The van der Waals surface area contributed by atoms with E-state index in [9.17, 15) is 0 Å². The fraction of sp³-hybridized carbons (Fsp3) is 0.500. The Labute approximate surface area is 112 Å². The third-order valence-corrected chi connectivity index (χ3v) is 3.78. The van der Waals surface area contributed by atoms with Crippen molar-refractivity contribution in [2.24, 2.45) is 5.92 Å². The van der Waals surface area contributed by atoms with Crippen molar-refractivity contribution >= 4 is 5.69 Å². The topological polar surface area (TPSA) is 77.8 Å². The molecule has 0 spiro atoms. The maximum atomic E-state index is 5.87. The highest BCUT2D eigenvalue weighted by molar-refractivity contribution is 5.65. The lowest BCUT2D eigenvalue weighted by Gasteiger charge is -2.23. The van der Waals surface area contributed by atoms with Crippen LogP contribution in [0.1, 0.15) is 44.3 Å². The zero-order chi connectivity index (χ0) is 13.2. The molecule has 2 aromatic heterocycles. The van der Waals surface area contributed by atoms with Gasteiger partial charge in [-0.25, -0.2) is 4.98 Å². The largest absolute Gasteiger partial charge is 0.397 e. The lowest BCUT2D eigenvalue weighted by Crippen LogP contribution is -2.12. The smallest absolute Gasteiger partial charge is 0.278 e. The van der Waals surface area contributed by atoms with E-state index in [1.54, 1.807) is 18.3 Å². The van der Waals surface area contributed by atoms with Crippen molar-refractivity contribution in [1.29, 1.82) is 0 Å². The molecule has 0 bridgehead atoms. The van der Waals surface area contributed by atoms with Crippen LogP contribution in [0.5, 0.6) is 0 Å². The summed E-state index contributed by atoms with van der Waals surface area (Å²) < 4.78 is 5.32. The average Bonchev–Trinajstić information content (AvgIpc) is 2.89. The van der Waals surface area contributed by atoms with Crippen LogP contribution in [0.4, 0.5) is 5.69 Å². The average molecular weight is 258 g/mol. The zero-order valence-corrected chi connectivity index (χ0v) is 11.0. The number of nitrogen functional groups attached to an aromatic ring is 1. The van der Waals surface area contributed by atoms with Gasteiger partial charge in [-0.05, 0) is 30.9 Å². The first-order chi connectivity index (χ1) is 9.24. The Hall–Kier alpha value is -1.91. The summed E-state index contributed by atoms with van der Waals surface area (Å²) in [7, 11) is 0. The SMILES string of the molecule is CC1CCCC(c2noc(-c3ncccc3N)n2)C1. The minimum absolute atomic E-state index is 0.409. The number of nitrogens with two attached hydrogens (primary N) is 1. The van der Waals surface area contributed by atoms with E-state index < -0.39 is 0 Å². The van der Waals surface area contributed by atoms with Crippen molar-refractivity contribution < 1.29 is 4.52 Å². The number of rotatable bonds is 2. The number of nitrogens with zero attached hydrogens (tertiary/aromatic N) is 3. The van der Waals surface area contributed by atoms with Crippen LogP contribution in [0.25, 0.3) is 11.6 Å². The Morgan fingerprint density at radius 3 is 3.05 bits per heavy atom. The number of hydrogen-bond donors (Lipinski definition) is 1. The molecule has 5 nitrogen and oxygen atoms in total. The maximum absolute atomic E-state index is 5.87. The third kappa shape index (κ3) is 2.45. The lowest BCUT2D eigenvalue weighted by molar-refractivity contribution is 0.324. The van der Waals surface area contributed by atoms with Crippen LogP contribution in [-0.4, -0.2) is 15.1 Å². The van der Waals surface area contributed by atoms with Gasteiger partial charge >= 0.3 is 0 Å². The fourth-order valence-corrected chi connectivity index (χ4v) is 2.76. The van der Waals surface area contributed by atoms with Crippen LogP contribution in [-0.2, 0) is 0 Å². The molecule has 0 aliphatic heterocycles. The summed E-state index contributed by atoms with van der Waals surface area (Å²) in [6.45, 7) is 2.28. The van der Waals surface area contributed by atoms with Gasteiger partial charge in [0.2, 0.25) is 0 Å². The first-order valence-corrected chi connectivity index (χ1v) is 6.78. The Morgan fingerprint density at radius 1 is 1.37 bits per heavy atom. The Balaban J connectivity index is 1.85. The summed E-state index contributed by atoms with van der Waals surface area (Å²) >= 11 is 0. The van der Waals surface area contributed by atoms with E-state index in [0.717, 1.165) is 24.6 Å². The predicted molar refractivity (Wildman–Crippen MR) is 72.3 cm³/mol. The normalized spacial score (nSPS) is 23.4. The molecule has 0 amide bonds. The van der Waals surface area contributed by atoms with Gasteiger partial charge in [0, 0.05) is 12.1 Å². The molecule has 2 N–H and O–H groups in total. The molecule has 1 aliphatic rings. The van der Waals surface area contributed by atoms with Gasteiger partial charge in [-0.15, -0.1) is 0 Å². The molecular formula is C14H18N4O. The van der Waals surface area contributed by atoms with Gasteiger partial charge in [-0.1, -0.05) is 24.9 Å². The van der Waals surface area contributed by atoms with Gasteiger partial charge in [-0.3, -0.25) is 0 Å². The van der Waals surface area contributed by atoms with Crippen LogP contribution in [0.15, 0.2) is 22.9 Å². The molecule has 2 unspecified atom stereocenters. The highest BCUT2D eigenvalue weighted by Crippen LogP contribution is 2.35. The van der Waals surface area contributed by atoms with Crippen LogP contribution in [0.3, 0.4) is 0 Å². The van der Waals surface area contributed by atoms with Crippen LogP contribution in [0, 0.1) is 5.92 Å². The van der Waals surface area contributed by atoms with Gasteiger partial charge in [0.15, 0.2) is 11.5 Å². The molecule has 5 heteroatoms. The lowest BCUT2D eigenvalue weighted by atomic mass is 9.82. The monoisotopic (exact) mass is 258 g/mol. The minimum atomic E-state index is 0.409. The van der Waals surface area contributed by atoms with Crippen molar-refractivity contribution in [2.45, 2.75) is 38.5 Å². The standard InChI is InChI=1S/C14H18N4O/c1-9-4-2-5-10(8-9)13-17-14(19-18-13)12-11(15)6-3-7-16-12/h3,6-7,9-10H,2,4-5,8,15H2,1H3. The number of hydrogen-bond acceptors (Lipinski definition) is 5. The maximum Gasteiger partial charge on any atom is 0.278 e. The van der Waals surface area contributed by atoms with Crippen molar-refractivity contribution in [3.8, 4) is 11.6 Å². The van der Waals surface area contributed by atoms with E-state index >= 15 is 0 Å². The van der Waals surface area contributed by atoms with E-state index in [1.807, 2.05) is 0 Å². The van der Waals surface area contributed by atoms with E-state index in [-0.39, 0.29) is 0 Å². The molecule has 0 radical (unpaired) electrons. The summed E-state index contributed by atoms with van der Waals surface area (Å²) in [5, 5.41) is 4.11. The molecular weight excluding hydrogens is 240 g/mol. The summed E-state index contributed by atoms with van der Waals surface area (Å²) in [6, 6.07) is 3.58. The highest BCUT2D eigenvalue weighted by atomic mass is 16.5.